The number of nitrogens with zero attached hydrogens (tertiary/aromatic N) is 3. The van der Waals surface area contributed by atoms with E-state index in [9.17, 15) is 0 Å². The smallest absolute Gasteiger partial charge is 0.225 e. The van der Waals surface area contributed by atoms with E-state index in [0.717, 1.165) is 48.5 Å². The maximum absolute atomic E-state index is 6.15. The van der Waals surface area contributed by atoms with E-state index in [-0.39, 0.29) is 4.71 Å². The summed E-state index contributed by atoms with van der Waals surface area (Å²) in [4.78, 5) is 13.0. The van der Waals surface area contributed by atoms with Crippen molar-refractivity contribution in [3.05, 3.63) is 35.2 Å². The van der Waals surface area contributed by atoms with Crippen molar-refractivity contribution >= 4 is 46.0 Å². The number of allylic oxidation sites excluding steroid dienone is 1. The van der Waals surface area contributed by atoms with Crippen molar-refractivity contribution in [2.45, 2.75) is 48.9 Å². The predicted octanol–water partition coefficient (Wildman–Crippen LogP) is 4.59. The Morgan fingerprint density at radius 3 is 2.57 bits per heavy atom. The molecule has 1 fully saturated rings. The second-order valence-electron chi connectivity index (χ2n) is 7.79. The van der Waals surface area contributed by atoms with Gasteiger partial charge in [0.15, 0.2) is 0 Å². The molecule has 1 aromatic carbocycles. The molecule has 1 aromatic heterocycles. The number of hydrogen-bond acceptors (Lipinski definition) is 6. The summed E-state index contributed by atoms with van der Waals surface area (Å²) in [6, 6.07) is 9.21. The summed E-state index contributed by atoms with van der Waals surface area (Å²) in [5, 5.41) is 8.37. The lowest BCUT2D eigenvalue weighted by Crippen LogP contribution is -2.37. The van der Waals surface area contributed by atoms with Crippen molar-refractivity contribution in [1.29, 1.82) is 0 Å². The highest BCUT2D eigenvalue weighted by molar-refractivity contribution is 8.05. The molecule has 2 heterocycles. The SMILES string of the molecule is CN(C)c1nc(N[C@H]2CC[C@@H](NCC3=CCC(Cl)S3)CC2)nc2ccccc12. The molecule has 4 rings (SSSR count). The van der Waals surface area contributed by atoms with Crippen LogP contribution >= 0.6 is 23.4 Å². The minimum absolute atomic E-state index is 0.228. The number of para-hydroxylation sites is 1. The summed E-state index contributed by atoms with van der Waals surface area (Å²) >= 11 is 7.94. The van der Waals surface area contributed by atoms with E-state index >= 15 is 0 Å². The molecule has 7 heteroatoms. The molecule has 2 aliphatic rings. The van der Waals surface area contributed by atoms with Crippen LogP contribution in [0.1, 0.15) is 32.1 Å². The molecule has 1 unspecified atom stereocenters. The summed E-state index contributed by atoms with van der Waals surface area (Å²) in [6.45, 7) is 0.955. The van der Waals surface area contributed by atoms with Gasteiger partial charge >= 0.3 is 0 Å². The van der Waals surface area contributed by atoms with Crippen molar-refractivity contribution in [3.63, 3.8) is 0 Å². The van der Waals surface area contributed by atoms with Crippen LogP contribution in [0.25, 0.3) is 10.9 Å². The fourth-order valence-electron chi connectivity index (χ4n) is 3.93. The van der Waals surface area contributed by atoms with Crippen LogP contribution in [-0.2, 0) is 0 Å². The van der Waals surface area contributed by atoms with Gasteiger partial charge in [-0.1, -0.05) is 18.2 Å². The highest BCUT2D eigenvalue weighted by Gasteiger charge is 2.23. The van der Waals surface area contributed by atoms with Crippen LogP contribution in [0.5, 0.6) is 0 Å². The first-order valence-corrected chi connectivity index (χ1v) is 11.3. The number of anilines is 2. The number of alkyl halides is 1. The van der Waals surface area contributed by atoms with E-state index in [4.69, 9.17) is 21.6 Å². The number of aromatic nitrogens is 2. The Kier molecular flexibility index (Phi) is 6.28. The van der Waals surface area contributed by atoms with E-state index in [1.807, 2.05) is 26.2 Å². The number of nitrogens with one attached hydrogen (secondary N) is 2. The highest BCUT2D eigenvalue weighted by Crippen LogP contribution is 2.34. The maximum atomic E-state index is 6.15. The molecule has 5 nitrogen and oxygen atoms in total. The van der Waals surface area contributed by atoms with Gasteiger partial charge in [0, 0.05) is 38.1 Å². The van der Waals surface area contributed by atoms with Crippen LogP contribution in [0.15, 0.2) is 35.2 Å². The van der Waals surface area contributed by atoms with Gasteiger partial charge in [0.1, 0.15) is 5.82 Å². The number of hydrogen-bond donors (Lipinski definition) is 2. The zero-order valence-corrected chi connectivity index (χ0v) is 18.1. The van der Waals surface area contributed by atoms with E-state index in [1.54, 1.807) is 11.8 Å². The third kappa shape index (κ3) is 4.73. The minimum atomic E-state index is 0.228. The molecule has 1 aliphatic heterocycles. The van der Waals surface area contributed by atoms with E-state index in [1.165, 1.54) is 17.7 Å². The molecule has 2 N–H and O–H groups in total. The van der Waals surface area contributed by atoms with Gasteiger partial charge < -0.3 is 15.5 Å². The Balaban J connectivity index is 1.33. The zero-order valence-electron chi connectivity index (χ0n) is 16.5. The average Bonchev–Trinajstić information content (AvgIpc) is 3.12. The number of rotatable bonds is 6. The van der Waals surface area contributed by atoms with Crippen LogP contribution < -0.4 is 15.5 Å². The van der Waals surface area contributed by atoms with Crippen molar-refractivity contribution < 1.29 is 0 Å². The molecular formula is C21H28ClN5S. The normalized spacial score (nSPS) is 25.0. The van der Waals surface area contributed by atoms with Crippen molar-refractivity contribution in [3.8, 4) is 0 Å². The molecule has 150 valence electrons. The number of fused-ring (bicyclic) bond motifs is 1. The topological polar surface area (TPSA) is 53.1 Å². The molecule has 0 amide bonds. The lowest BCUT2D eigenvalue weighted by molar-refractivity contribution is 0.362. The molecular weight excluding hydrogens is 390 g/mol. The van der Waals surface area contributed by atoms with Crippen molar-refractivity contribution in [2.24, 2.45) is 0 Å². The molecule has 2 aromatic rings. The van der Waals surface area contributed by atoms with Gasteiger partial charge in [0.25, 0.3) is 0 Å². The van der Waals surface area contributed by atoms with E-state index in [2.05, 4.69) is 33.7 Å². The van der Waals surface area contributed by atoms with Crippen LogP contribution in [0.2, 0.25) is 0 Å². The Morgan fingerprint density at radius 1 is 1.11 bits per heavy atom. The third-order valence-corrected chi connectivity index (χ3v) is 6.95. The second-order valence-corrected chi connectivity index (χ2v) is 9.90. The van der Waals surface area contributed by atoms with Crippen LogP contribution in [0.3, 0.4) is 0 Å². The van der Waals surface area contributed by atoms with Gasteiger partial charge in [0.05, 0.1) is 10.2 Å². The van der Waals surface area contributed by atoms with E-state index < -0.39 is 0 Å². The highest BCUT2D eigenvalue weighted by atomic mass is 35.5. The lowest BCUT2D eigenvalue weighted by Gasteiger charge is -2.30. The summed E-state index contributed by atoms with van der Waals surface area (Å²) in [6.07, 6.45) is 7.87. The average molecular weight is 418 g/mol. The van der Waals surface area contributed by atoms with Gasteiger partial charge in [-0.15, -0.1) is 23.4 Å². The summed E-state index contributed by atoms with van der Waals surface area (Å²) < 4.78 is 0.228. The minimum Gasteiger partial charge on any atom is -0.362 e. The number of benzene rings is 1. The van der Waals surface area contributed by atoms with Gasteiger partial charge in [-0.3, -0.25) is 0 Å². The molecule has 1 atom stereocenters. The summed E-state index contributed by atoms with van der Waals surface area (Å²) in [7, 11) is 4.06. The van der Waals surface area contributed by atoms with Crippen molar-refractivity contribution in [2.75, 3.05) is 30.9 Å². The molecule has 0 radical (unpaired) electrons. The quantitative estimate of drug-likeness (QED) is 0.670. The molecule has 1 saturated carbocycles. The molecule has 28 heavy (non-hydrogen) atoms. The van der Waals surface area contributed by atoms with Crippen molar-refractivity contribution in [1.82, 2.24) is 15.3 Å². The van der Waals surface area contributed by atoms with Gasteiger partial charge in [0.2, 0.25) is 5.95 Å². The first-order chi connectivity index (χ1) is 13.6. The predicted molar refractivity (Wildman–Crippen MR) is 121 cm³/mol. The molecule has 0 spiro atoms. The van der Waals surface area contributed by atoms with E-state index in [0.29, 0.717) is 12.1 Å². The molecule has 0 bridgehead atoms. The maximum Gasteiger partial charge on any atom is 0.225 e. The Labute approximate surface area is 176 Å². The van der Waals surface area contributed by atoms with Gasteiger partial charge in [-0.2, -0.15) is 4.98 Å². The monoisotopic (exact) mass is 417 g/mol. The first-order valence-electron chi connectivity index (χ1n) is 10.0. The summed E-state index contributed by atoms with van der Waals surface area (Å²) in [5.74, 6) is 1.70. The summed E-state index contributed by atoms with van der Waals surface area (Å²) in [5.41, 5.74) is 0.985. The van der Waals surface area contributed by atoms with Crippen LogP contribution in [-0.4, -0.2) is 47.4 Å². The molecule has 1 aliphatic carbocycles. The Morgan fingerprint density at radius 2 is 1.86 bits per heavy atom. The number of halogens is 1. The second kappa shape index (κ2) is 8.89. The third-order valence-electron chi connectivity index (χ3n) is 5.44. The largest absolute Gasteiger partial charge is 0.362 e. The first kappa shape index (κ1) is 19.8. The number of thioether (sulfide) groups is 1. The zero-order chi connectivity index (χ0) is 19.5. The van der Waals surface area contributed by atoms with Crippen LogP contribution in [0.4, 0.5) is 11.8 Å². The van der Waals surface area contributed by atoms with Gasteiger partial charge in [-0.25, -0.2) is 4.98 Å². The molecule has 0 saturated heterocycles. The Bertz CT molecular complexity index is 848. The van der Waals surface area contributed by atoms with Crippen LogP contribution in [0, 0.1) is 0 Å². The Hall–Kier alpha value is -1.50. The lowest BCUT2D eigenvalue weighted by atomic mass is 9.91. The standard InChI is InChI=1S/C21H28ClN5S/c1-27(2)20-17-5-3-4-6-18(17)25-21(26-20)24-15-9-7-14(8-10-15)23-13-16-11-12-19(22)28-16/h3-6,11,14-15,19,23H,7-10,12-13H2,1-2H3,(H,24,25,26)/t14-,15+,19?. The fourth-order valence-corrected chi connectivity index (χ4v) is 5.25. The fraction of sp³-hybridized carbons (Fsp3) is 0.524. The van der Waals surface area contributed by atoms with Gasteiger partial charge in [-0.05, 0) is 49.1 Å².